The minimum absolute atomic E-state index is 0.0473. The van der Waals surface area contributed by atoms with Crippen molar-refractivity contribution in [3.8, 4) is 5.75 Å². The Kier molecular flexibility index (Phi) is 6.25. The molecule has 0 atom stereocenters. The fourth-order valence-electron chi connectivity index (χ4n) is 4.50. The number of hydrogen-bond acceptors (Lipinski definition) is 4. The monoisotopic (exact) mass is 419 g/mol. The van der Waals surface area contributed by atoms with E-state index in [0.717, 1.165) is 16.7 Å². The number of carbonyl (C=O) groups is 1. The van der Waals surface area contributed by atoms with Gasteiger partial charge in [0, 0.05) is 17.3 Å². The molecule has 1 aliphatic heterocycles. The molecule has 1 amide bonds. The number of amides is 1. The molecule has 1 aliphatic rings. The van der Waals surface area contributed by atoms with Gasteiger partial charge in [0.2, 0.25) is 0 Å². The second kappa shape index (κ2) is 8.58. The van der Waals surface area contributed by atoms with Gasteiger partial charge in [-0.2, -0.15) is 5.10 Å². The fourth-order valence-corrected chi connectivity index (χ4v) is 4.50. The highest BCUT2D eigenvalue weighted by Gasteiger charge is 2.33. The van der Waals surface area contributed by atoms with Crippen molar-refractivity contribution < 1.29 is 9.53 Å². The van der Waals surface area contributed by atoms with Crippen LogP contribution in [-0.4, -0.2) is 30.8 Å². The lowest BCUT2D eigenvalue weighted by Crippen LogP contribution is -2.49. The van der Waals surface area contributed by atoms with Crippen LogP contribution < -0.4 is 15.1 Å². The van der Waals surface area contributed by atoms with Gasteiger partial charge >= 0.3 is 0 Å². The Hall–Kier alpha value is -3.08. The number of allylic oxidation sites excluding steroid dienone is 1. The Bertz CT molecular complexity index is 1060. The van der Waals surface area contributed by atoms with Crippen molar-refractivity contribution in [2.24, 2.45) is 5.10 Å². The number of aryl methyl sites for hydroxylation is 2. The maximum absolute atomic E-state index is 12.6. The predicted molar refractivity (Wildman–Crippen MR) is 129 cm³/mol. The standard InChI is InChI=1S/C26H33N3O2/c1-16(2)29-23-12-18(4)20(13-22(23)19(5)14-26(29,6)7)15-27-28-25(30)21-10-9-17(3)11-24(21)31-8/h9-16H,1-8H3,(H,28,30)/b27-15-. The van der Waals surface area contributed by atoms with E-state index in [1.54, 1.807) is 19.4 Å². The molecule has 1 heterocycles. The SMILES string of the molecule is COc1cc(C)ccc1C(=O)N/N=C\c1cc2c(cc1C)N(C(C)C)C(C)(C)C=C2C. The zero-order valence-corrected chi connectivity index (χ0v) is 19.8. The summed E-state index contributed by atoms with van der Waals surface area (Å²) < 4.78 is 5.33. The van der Waals surface area contributed by atoms with Crippen molar-refractivity contribution in [2.45, 2.75) is 60.0 Å². The maximum Gasteiger partial charge on any atom is 0.275 e. The number of fused-ring (bicyclic) bond motifs is 1. The molecular weight excluding hydrogens is 386 g/mol. The first-order valence-electron chi connectivity index (χ1n) is 10.7. The molecule has 1 N–H and O–H groups in total. The molecule has 2 aromatic carbocycles. The number of nitrogens with zero attached hydrogens (tertiary/aromatic N) is 2. The second-order valence-corrected chi connectivity index (χ2v) is 9.07. The summed E-state index contributed by atoms with van der Waals surface area (Å²) in [6.07, 6.45) is 4.03. The average Bonchev–Trinajstić information content (AvgIpc) is 2.67. The highest BCUT2D eigenvalue weighted by Crippen LogP contribution is 2.41. The van der Waals surface area contributed by atoms with Gasteiger partial charge in [-0.05, 0) is 95.0 Å². The first-order chi connectivity index (χ1) is 14.5. The number of hydrogen-bond donors (Lipinski definition) is 1. The lowest BCUT2D eigenvalue weighted by atomic mass is 9.86. The van der Waals surface area contributed by atoms with E-state index in [-0.39, 0.29) is 11.4 Å². The molecule has 5 nitrogen and oxygen atoms in total. The molecule has 0 aromatic heterocycles. The van der Waals surface area contributed by atoms with Gasteiger partial charge in [-0.1, -0.05) is 12.1 Å². The summed E-state index contributed by atoms with van der Waals surface area (Å²) in [5, 5.41) is 4.22. The smallest absolute Gasteiger partial charge is 0.275 e. The predicted octanol–water partition coefficient (Wildman–Crippen LogP) is 5.49. The highest BCUT2D eigenvalue weighted by molar-refractivity contribution is 5.98. The molecule has 5 heteroatoms. The van der Waals surface area contributed by atoms with E-state index in [9.17, 15) is 4.79 Å². The number of methoxy groups -OCH3 is 1. The third kappa shape index (κ3) is 4.50. The average molecular weight is 420 g/mol. The molecule has 0 aliphatic carbocycles. The molecule has 3 rings (SSSR count). The quantitative estimate of drug-likeness (QED) is 0.515. The minimum atomic E-state index is -0.299. The molecule has 2 aromatic rings. The van der Waals surface area contributed by atoms with Gasteiger partial charge in [0.1, 0.15) is 5.75 Å². The van der Waals surface area contributed by atoms with Crippen molar-refractivity contribution >= 4 is 23.4 Å². The summed E-state index contributed by atoms with van der Waals surface area (Å²) in [6, 6.07) is 10.2. The summed E-state index contributed by atoms with van der Waals surface area (Å²) >= 11 is 0. The van der Waals surface area contributed by atoms with E-state index in [4.69, 9.17) is 4.74 Å². The number of ether oxygens (including phenoxy) is 1. The van der Waals surface area contributed by atoms with Crippen LogP contribution in [0.5, 0.6) is 5.75 Å². The Morgan fingerprint density at radius 1 is 1.16 bits per heavy atom. The number of nitrogens with one attached hydrogen (secondary N) is 1. The van der Waals surface area contributed by atoms with Gasteiger partial charge in [-0.15, -0.1) is 0 Å². The molecule has 0 saturated heterocycles. The lowest BCUT2D eigenvalue weighted by molar-refractivity contribution is 0.0952. The van der Waals surface area contributed by atoms with Crippen molar-refractivity contribution in [3.63, 3.8) is 0 Å². The third-order valence-corrected chi connectivity index (χ3v) is 5.75. The summed E-state index contributed by atoms with van der Waals surface area (Å²) in [5.41, 5.74) is 9.85. The normalized spacial score (nSPS) is 15.1. The van der Waals surface area contributed by atoms with Crippen LogP contribution in [0.4, 0.5) is 5.69 Å². The Balaban J connectivity index is 1.88. The van der Waals surface area contributed by atoms with E-state index in [1.165, 1.54) is 16.8 Å². The number of rotatable bonds is 5. The number of carbonyl (C=O) groups excluding carboxylic acids is 1. The van der Waals surface area contributed by atoms with Gasteiger partial charge in [0.05, 0.1) is 24.4 Å². The van der Waals surface area contributed by atoms with Crippen molar-refractivity contribution in [1.82, 2.24) is 5.43 Å². The van der Waals surface area contributed by atoms with Crippen molar-refractivity contribution in [2.75, 3.05) is 12.0 Å². The van der Waals surface area contributed by atoms with Crippen molar-refractivity contribution in [3.05, 3.63) is 64.2 Å². The number of hydrazone groups is 1. The zero-order chi connectivity index (χ0) is 22.9. The van der Waals surface area contributed by atoms with Crippen LogP contribution in [0.2, 0.25) is 0 Å². The molecule has 0 spiro atoms. The van der Waals surface area contributed by atoms with E-state index < -0.39 is 0 Å². The summed E-state index contributed by atoms with van der Waals surface area (Å²) in [7, 11) is 1.56. The Morgan fingerprint density at radius 2 is 1.87 bits per heavy atom. The highest BCUT2D eigenvalue weighted by atomic mass is 16.5. The summed E-state index contributed by atoms with van der Waals surface area (Å²) in [5.74, 6) is 0.238. The largest absolute Gasteiger partial charge is 0.496 e. The molecule has 164 valence electrons. The molecular formula is C26H33N3O2. The van der Waals surface area contributed by atoms with Crippen LogP contribution >= 0.6 is 0 Å². The topological polar surface area (TPSA) is 53.9 Å². The van der Waals surface area contributed by atoms with Crippen LogP contribution in [-0.2, 0) is 0 Å². The second-order valence-electron chi connectivity index (χ2n) is 9.07. The van der Waals surface area contributed by atoms with Crippen molar-refractivity contribution in [1.29, 1.82) is 0 Å². The van der Waals surface area contributed by atoms with Crippen LogP contribution in [0, 0.1) is 13.8 Å². The van der Waals surface area contributed by atoms with Crippen LogP contribution in [0.25, 0.3) is 5.57 Å². The first kappa shape index (κ1) is 22.6. The van der Waals surface area contributed by atoms with Crippen LogP contribution in [0.15, 0.2) is 41.5 Å². The molecule has 0 bridgehead atoms. The van der Waals surface area contributed by atoms with Gasteiger partial charge in [0.15, 0.2) is 0 Å². The first-order valence-corrected chi connectivity index (χ1v) is 10.7. The van der Waals surface area contributed by atoms with Crippen LogP contribution in [0.1, 0.15) is 67.2 Å². The van der Waals surface area contributed by atoms with E-state index in [0.29, 0.717) is 17.4 Å². The molecule has 31 heavy (non-hydrogen) atoms. The third-order valence-electron chi connectivity index (χ3n) is 5.75. The van der Waals surface area contributed by atoms with Gasteiger partial charge in [0.25, 0.3) is 5.91 Å². The fraction of sp³-hybridized carbons (Fsp3) is 0.385. The maximum atomic E-state index is 12.6. The Labute approximate surface area is 185 Å². The molecule has 0 fully saturated rings. The molecule has 0 unspecified atom stereocenters. The van der Waals surface area contributed by atoms with Gasteiger partial charge in [-0.3, -0.25) is 4.79 Å². The number of anilines is 1. The van der Waals surface area contributed by atoms with Crippen LogP contribution in [0.3, 0.4) is 0 Å². The van der Waals surface area contributed by atoms with E-state index >= 15 is 0 Å². The summed E-state index contributed by atoms with van der Waals surface area (Å²) in [6.45, 7) is 15.1. The van der Waals surface area contributed by atoms with Gasteiger partial charge < -0.3 is 9.64 Å². The molecule has 0 radical (unpaired) electrons. The lowest BCUT2D eigenvalue weighted by Gasteiger charge is -2.46. The Morgan fingerprint density at radius 3 is 2.52 bits per heavy atom. The van der Waals surface area contributed by atoms with Gasteiger partial charge in [-0.25, -0.2) is 5.43 Å². The minimum Gasteiger partial charge on any atom is -0.496 e. The molecule has 0 saturated carbocycles. The summed E-state index contributed by atoms with van der Waals surface area (Å²) in [4.78, 5) is 15.0. The number of benzene rings is 2. The van der Waals surface area contributed by atoms with E-state index in [1.807, 2.05) is 19.1 Å². The van der Waals surface area contributed by atoms with E-state index in [2.05, 4.69) is 75.2 Å². The zero-order valence-electron chi connectivity index (χ0n) is 19.8.